The van der Waals surface area contributed by atoms with Gasteiger partial charge in [0.2, 0.25) is 0 Å². The molecule has 2 rings (SSSR count). The Hall–Kier alpha value is -1.20. The van der Waals surface area contributed by atoms with Crippen LogP contribution in [-0.2, 0) is 11.2 Å². The predicted octanol–water partition coefficient (Wildman–Crippen LogP) is 3.92. The van der Waals surface area contributed by atoms with E-state index in [0.29, 0.717) is 12.3 Å². The highest BCUT2D eigenvalue weighted by atomic mass is 32.1. The molecule has 0 unspecified atom stereocenters. The number of esters is 1. The van der Waals surface area contributed by atoms with Crippen molar-refractivity contribution >= 4 is 28.6 Å². The number of ether oxygens (including phenoxy) is 1. The highest BCUT2D eigenvalue weighted by Crippen LogP contribution is 2.33. The molecular weight excluding hydrogens is 266 g/mol. The topological polar surface area (TPSA) is 39.2 Å². The van der Waals surface area contributed by atoms with E-state index in [-0.39, 0.29) is 5.97 Å². The van der Waals surface area contributed by atoms with Crippen LogP contribution >= 0.6 is 22.7 Å². The van der Waals surface area contributed by atoms with Crippen LogP contribution in [0, 0.1) is 6.92 Å². The van der Waals surface area contributed by atoms with Crippen LogP contribution in [0.4, 0.5) is 0 Å². The molecule has 0 aliphatic carbocycles. The first kappa shape index (κ1) is 13.2. The average Bonchev–Trinajstić information content (AvgIpc) is 2.95. The lowest BCUT2D eigenvalue weighted by atomic mass is 10.3. The third kappa shape index (κ3) is 2.62. The van der Waals surface area contributed by atoms with E-state index in [1.165, 1.54) is 4.88 Å². The van der Waals surface area contributed by atoms with E-state index in [1.807, 2.05) is 6.92 Å². The van der Waals surface area contributed by atoms with Crippen molar-refractivity contribution < 1.29 is 9.53 Å². The van der Waals surface area contributed by atoms with Crippen LogP contribution in [0.5, 0.6) is 0 Å². The number of carbonyl (C=O) groups is 1. The summed E-state index contributed by atoms with van der Waals surface area (Å²) in [5.74, 6) is -0.329. The molecule has 0 aromatic carbocycles. The number of nitrogens with zero attached hydrogens (tertiary/aromatic N) is 1. The predicted molar refractivity (Wildman–Crippen MR) is 75.5 cm³/mol. The molecule has 2 heterocycles. The molecule has 18 heavy (non-hydrogen) atoms. The van der Waals surface area contributed by atoms with Gasteiger partial charge in [-0.2, -0.15) is 0 Å². The monoisotopic (exact) mass is 281 g/mol. The van der Waals surface area contributed by atoms with Gasteiger partial charge in [0, 0.05) is 9.75 Å². The molecule has 0 aliphatic rings. The fraction of sp³-hybridized carbons (Fsp3) is 0.385. The molecule has 96 valence electrons. The van der Waals surface area contributed by atoms with Crippen LogP contribution in [0.1, 0.15) is 34.1 Å². The molecule has 0 spiro atoms. The van der Waals surface area contributed by atoms with E-state index in [0.717, 1.165) is 21.2 Å². The Morgan fingerprint density at radius 1 is 1.33 bits per heavy atom. The molecule has 5 heteroatoms. The minimum Gasteiger partial charge on any atom is -0.461 e. The van der Waals surface area contributed by atoms with E-state index >= 15 is 0 Å². The van der Waals surface area contributed by atoms with E-state index in [1.54, 1.807) is 29.6 Å². The number of rotatable bonds is 4. The summed E-state index contributed by atoms with van der Waals surface area (Å²) in [6.45, 7) is 6.21. The normalized spacial score (nSPS) is 10.6. The summed E-state index contributed by atoms with van der Waals surface area (Å²) in [6.07, 6.45) is 1.03. The van der Waals surface area contributed by atoms with Crippen LogP contribution in [0.25, 0.3) is 9.88 Å². The largest absolute Gasteiger partial charge is 0.461 e. The van der Waals surface area contributed by atoms with Gasteiger partial charge in [-0.1, -0.05) is 6.92 Å². The first-order valence-electron chi connectivity index (χ1n) is 5.89. The SMILES string of the molecule is CCOC(=O)c1nc(-c2ccc(CC)s2)sc1C. The highest BCUT2D eigenvalue weighted by molar-refractivity contribution is 7.21. The van der Waals surface area contributed by atoms with Crippen LogP contribution in [0.2, 0.25) is 0 Å². The molecular formula is C13H15NO2S2. The molecule has 0 aliphatic heterocycles. The molecule has 0 radical (unpaired) electrons. The van der Waals surface area contributed by atoms with Crippen LogP contribution in [0.3, 0.4) is 0 Å². The van der Waals surface area contributed by atoms with Gasteiger partial charge in [0.15, 0.2) is 5.69 Å². The summed E-state index contributed by atoms with van der Waals surface area (Å²) in [6, 6.07) is 4.18. The minimum absolute atomic E-state index is 0.329. The van der Waals surface area contributed by atoms with Crippen molar-refractivity contribution in [3.05, 3.63) is 27.6 Å². The molecule has 3 nitrogen and oxygen atoms in total. The van der Waals surface area contributed by atoms with Crippen molar-refractivity contribution in [2.24, 2.45) is 0 Å². The molecule has 2 aromatic rings. The lowest BCUT2D eigenvalue weighted by Gasteiger charge is -1.97. The summed E-state index contributed by atoms with van der Waals surface area (Å²) in [5.41, 5.74) is 0.447. The zero-order valence-corrected chi connectivity index (χ0v) is 12.3. The number of aromatic nitrogens is 1. The smallest absolute Gasteiger partial charge is 0.358 e. The van der Waals surface area contributed by atoms with Gasteiger partial charge >= 0.3 is 5.97 Å². The molecule has 0 amide bonds. The first-order valence-corrected chi connectivity index (χ1v) is 7.52. The van der Waals surface area contributed by atoms with Gasteiger partial charge in [0.1, 0.15) is 5.01 Å². The van der Waals surface area contributed by atoms with Crippen molar-refractivity contribution in [1.29, 1.82) is 0 Å². The molecule has 0 atom stereocenters. The number of thiazole rings is 1. The third-order valence-corrected chi connectivity index (χ3v) is 4.86. The number of aryl methyl sites for hydroxylation is 2. The summed E-state index contributed by atoms with van der Waals surface area (Å²) in [4.78, 5) is 19.5. The van der Waals surface area contributed by atoms with Crippen LogP contribution in [0.15, 0.2) is 12.1 Å². The van der Waals surface area contributed by atoms with E-state index in [4.69, 9.17) is 4.74 Å². The number of hydrogen-bond acceptors (Lipinski definition) is 5. The lowest BCUT2D eigenvalue weighted by molar-refractivity contribution is 0.0519. The van der Waals surface area contributed by atoms with Gasteiger partial charge in [-0.05, 0) is 32.4 Å². The number of thiophene rings is 1. The maximum absolute atomic E-state index is 11.7. The van der Waals surface area contributed by atoms with Crippen molar-refractivity contribution in [3.63, 3.8) is 0 Å². The molecule has 0 saturated carbocycles. The fourth-order valence-corrected chi connectivity index (χ4v) is 3.48. The zero-order valence-electron chi connectivity index (χ0n) is 10.6. The van der Waals surface area contributed by atoms with Gasteiger partial charge < -0.3 is 4.74 Å². The third-order valence-electron chi connectivity index (χ3n) is 2.49. The Balaban J connectivity index is 2.30. The van der Waals surface area contributed by atoms with Crippen LogP contribution in [-0.4, -0.2) is 17.6 Å². The van der Waals surface area contributed by atoms with Gasteiger partial charge in [-0.3, -0.25) is 0 Å². The second kappa shape index (κ2) is 5.63. The Labute approximate surface area is 114 Å². The number of hydrogen-bond donors (Lipinski definition) is 0. The second-order valence-electron chi connectivity index (χ2n) is 3.76. The average molecular weight is 281 g/mol. The maximum Gasteiger partial charge on any atom is 0.358 e. The molecule has 0 bridgehead atoms. The Morgan fingerprint density at radius 2 is 2.11 bits per heavy atom. The quantitative estimate of drug-likeness (QED) is 0.797. The van der Waals surface area contributed by atoms with Crippen molar-refractivity contribution in [3.8, 4) is 9.88 Å². The van der Waals surface area contributed by atoms with E-state index < -0.39 is 0 Å². The van der Waals surface area contributed by atoms with Gasteiger partial charge in [-0.15, -0.1) is 22.7 Å². The Bertz CT molecular complexity index is 557. The highest BCUT2D eigenvalue weighted by Gasteiger charge is 2.17. The zero-order chi connectivity index (χ0) is 13.1. The summed E-state index contributed by atoms with van der Waals surface area (Å²) in [5, 5.41) is 0.903. The van der Waals surface area contributed by atoms with Crippen molar-refractivity contribution in [2.45, 2.75) is 27.2 Å². The summed E-state index contributed by atoms with van der Waals surface area (Å²) in [7, 11) is 0. The van der Waals surface area contributed by atoms with Crippen molar-refractivity contribution in [1.82, 2.24) is 4.98 Å². The minimum atomic E-state index is -0.329. The maximum atomic E-state index is 11.7. The van der Waals surface area contributed by atoms with E-state index in [2.05, 4.69) is 24.0 Å². The van der Waals surface area contributed by atoms with E-state index in [9.17, 15) is 4.79 Å². The van der Waals surface area contributed by atoms with Gasteiger partial charge in [0.05, 0.1) is 11.5 Å². The molecule has 0 saturated heterocycles. The second-order valence-corrected chi connectivity index (χ2v) is 6.14. The molecule has 0 N–H and O–H groups in total. The molecule has 0 fully saturated rings. The van der Waals surface area contributed by atoms with Crippen molar-refractivity contribution in [2.75, 3.05) is 6.61 Å². The Kier molecular flexibility index (Phi) is 4.14. The van der Waals surface area contributed by atoms with Crippen LogP contribution < -0.4 is 0 Å². The number of carbonyl (C=O) groups excluding carboxylic acids is 1. The standard InChI is InChI=1S/C13H15NO2S2/c1-4-9-6-7-10(18-9)12-14-11(8(3)17-12)13(15)16-5-2/h6-7H,4-5H2,1-3H3. The lowest BCUT2D eigenvalue weighted by Crippen LogP contribution is -2.06. The first-order chi connectivity index (χ1) is 8.65. The fourth-order valence-electron chi connectivity index (χ4n) is 1.57. The van der Waals surface area contributed by atoms with Gasteiger partial charge in [-0.25, -0.2) is 9.78 Å². The Morgan fingerprint density at radius 3 is 2.72 bits per heavy atom. The summed E-state index contributed by atoms with van der Waals surface area (Å²) >= 11 is 3.27. The van der Waals surface area contributed by atoms with Gasteiger partial charge in [0.25, 0.3) is 0 Å². The molecule has 2 aromatic heterocycles. The summed E-state index contributed by atoms with van der Waals surface area (Å²) < 4.78 is 4.99.